The fourth-order valence-electron chi connectivity index (χ4n) is 1.68. The van der Waals surface area contributed by atoms with Gasteiger partial charge in [-0.15, -0.1) is 0 Å². The van der Waals surface area contributed by atoms with Gasteiger partial charge < -0.3 is 15.2 Å². The van der Waals surface area contributed by atoms with Gasteiger partial charge in [-0.05, 0) is 24.3 Å². The lowest BCUT2D eigenvalue weighted by molar-refractivity contribution is -0.255. The summed E-state index contributed by atoms with van der Waals surface area (Å²) in [7, 11) is 0. The Morgan fingerprint density at radius 1 is 1.04 bits per heavy atom. The van der Waals surface area contributed by atoms with Gasteiger partial charge in [0.1, 0.15) is 5.69 Å². The Morgan fingerprint density at radius 3 is 2.29 bits per heavy atom. The number of nitrogens with one attached hydrogen (secondary N) is 3. The van der Waals surface area contributed by atoms with Crippen molar-refractivity contribution in [3.63, 3.8) is 0 Å². The summed E-state index contributed by atoms with van der Waals surface area (Å²) in [6, 6.07) is 8.55. The third kappa shape index (κ3) is 4.35. The van der Waals surface area contributed by atoms with Crippen LogP contribution >= 0.6 is 0 Å². The highest BCUT2D eigenvalue weighted by Gasteiger charge is 2.33. The number of amides is 2. The highest BCUT2D eigenvalue weighted by atomic mass is 19.4. The number of hydrazine groups is 1. The Labute approximate surface area is 133 Å². The first-order valence-electron chi connectivity index (χ1n) is 6.45. The number of nitrogens with zero attached hydrogens (tertiary/aromatic N) is 1. The van der Waals surface area contributed by atoms with Crippen LogP contribution in [0.5, 0.6) is 0 Å². The third-order valence-electron chi connectivity index (χ3n) is 2.73. The normalized spacial score (nSPS) is 10.8. The van der Waals surface area contributed by atoms with Crippen molar-refractivity contribution in [3.8, 4) is 0 Å². The van der Waals surface area contributed by atoms with Crippen LogP contribution in [0.2, 0.25) is 0 Å². The number of hydrogen-bond donors (Lipinski definition) is 3. The van der Waals surface area contributed by atoms with Crippen LogP contribution in [0.4, 0.5) is 29.5 Å². The minimum atomic E-state index is -4.77. The van der Waals surface area contributed by atoms with Gasteiger partial charge in [0, 0.05) is 11.3 Å². The molecule has 0 saturated carbocycles. The zero-order chi connectivity index (χ0) is 17.7. The summed E-state index contributed by atoms with van der Waals surface area (Å²) in [6.07, 6.45) is -4.77. The molecule has 0 spiro atoms. The lowest BCUT2D eigenvalue weighted by Crippen LogP contribution is -2.35. The fourth-order valence-corrected chi connectivity index (χ4v) is 1.68. The highest BCUT2D eigenvalue weighted by Crippen LogP contribution is 2.29. The maximum atomic E-state index is 12.6. The summed E-state index contributed by atoms with van der Waals surface area (Å²) in [4.78, 5) is 25.7. The van der Waals surface area contributed by atoms with E-state index in [2.05, 4.69) is 10.3 Å². The van der Waals surface area contributed by atoms with Gasteiger partial charge in [0.2, 0.25) is 0 Å². The second kappa shape index (κ2) is 6.86. The van der Waals surface area contributed by atoms with Crippen LogP contribution in [-0.2, 0) is 6.18 Å². The van der Waals surface area contributed by atoms with E-state index >= 15 is 0 Å². The van der Waals surface area contributed by atoms with Crippen LogP contribution in [0.25, 0.3) is 0 Å². The van der Waals surface area contributed by atoms with Crippen molar-refractivity contribution in [1.82, 2.24) is 10.4 Å². The van der Waals surface area contributed by atoms with Crippen molar-refractivity contribution in [2.75, 3.05) is 10.7 Å². The molecule has 2 rings (SSSR count). The molecule has 1 aromatic carbocycles. The molecule has 1 heterocycles. The SMILES string of the molecule is O=C(NNc1nc(C(F)(F)F)ccc1C(=O)[O-])Nc1ccccc1. The van der Waals surface area contributed by atoms with E-state index in [1.807, 2.05) is 10.9 Å². The molecule has 126 valence electrons. The van der Waals surface area contributed by atoms with Gasteiger partial charge in [0.05, 0.1) is 5.97 Å². The molecule has 0 unspecified atom stereocenters. The van der Waals surface area contributed by atoms with Gasteiger partial charge in [-0.1, -0.05) is 18.2 Å². The van der Waals surface area contributed by atoms with Crippen molar-refractivity contribution in [2.45, 2.75) is 6.18 Å². The molecule has 2 amide bonds. The van der Waals surface area contributed by atoms with E-state index in [9.17, 15) is 27.9 Å². The maximum Gasteiger partial charge on any atom is 0.433 e. The molecular formula is C14H10F3N4O3-. The Morgan fingerprint density at radius 2 is 1.71 bits per heavy atom. The Kier molecular flexibility index (Phi) is 4.87. The number of aromatic carboxylic acids is 1. The third-order valence-corrected chi connectivity index (χ3v) is 2.73. The lowest BCUT2D eigenvalue weighted by Gasteiger charge is -2.15. The first-order chi connectivity index (χ1) is 11.3. The Hall–Kier alpha value is -3.30. The van der Waals surface area contributed by atoms with Crippen molar-refractivity contribution in [3.05, 3.63) is 53.7 Å². The van der Waals surface area contributed by atoms with Crippen LogP contribution in [0.3, 0.4) is 0 Å². The van der Waals surface area contributed by atoms with Crippen LogP contribution < -0.4 is 21.3 Å². The summed E-state index contributed by atoms with van der Waals surface area (Å²) in [6.45, 7) is 0. The number of hydrogen-bond acceptors (Lipinski definition) is 5. The highest BCUT2D eigenvalue weighted by molar-refractivity contribution is 5.93. The van der Waals surface area contributed by atoms with Crippen molar-refractivity contribution < 1.29 is 27.9 Å². The largest absolute Gasteiger partial charge is 0.545 e. The molecule has 2 aromatic rings. The molecule has 3 N–H and O–H groups in total. The standard InChI is InChI=1S/C14H11F3N4O3/c15-14(16,17)10-7-6-9(12(22)23)11(19-10)20-21-13(24)18-8-4-2-1-3-5-8/h1-7H,(H,19,20)(H,22,23)(H2,18,21,24)/p-1. The lowest BCUT2D eigenvalue weighted by atomic mass is 10.2. The van der Waals surface area contributed by atoms with Gasteiger partial charge in [-0.25, -0.2) is 9.78 Å². The smallest absolute Gasteiger partial charge is 0.433 e. The van der Waals surface area contributed by atoms with Crippen molar-refractivity contribution in [2.24, 2.45) is 0 Å². The van der Waals surface area contributed by atoms with Crippen molar-refractivity contribution in [1.29, 1.82) is 0 Å². The number of aromatic nitrogens is 1. The molecule has 0 atom stereocenters. The van der Waals surface area contributed by atoms with E-state index in [-0.39, 0.29) is 0 Å². The van der Waals surface area contributed by atoms with Gasteiger partial charge in [-0.2, -0.15) is 13.2 Å². The number of halogens is 3. The number of anilines is 2. The van der Waals surface area contributed by atoms with E-state index in [0.717, 1.165) is 0 Å². The number of para-hydroxylation sites is 1. The van der Waals surface area contributed by atoms with Gasteiger partial charge in [0.15, 0.2) is 5.82 Å². The molecule has 0 aliphatic heterocycles. The zero-order valence-corrected chi connectivity index (χ0v) is 11.8. The summed E-state index contributed by atoms with van der Waals surface area (Å²) < 4.78 is 37.9. The predicted molar refractivity (Wildman–Crippen MR) is 75.8 cm³/mol. The molecule has 7 nitrogen and oxygen atoms in total. The van der Waals surface area contributed by atoms with Gasteiger partial charge >= 0.3 is 12.2 Å². The Bertz CT molecular complexity index is 751. The second-order valence-electron chi connectivity index (χ2n) is 4.45. The molecule has 0 bridgehead atoms. The number of carbonyl (C=O) groups is 2. The topological polar surface area (TPSA) is 106 Å². The quantitative estimate of drug-likeness (QED) is 0.734. The number of carboxylic acid groups (broad SMARTS) is 1. The number of rotatable bonds is 4. The number of carboxylic acids is 1. The number of benzene rings is 1. The molecule has 0 aliphatic carbocycles. The summed E-state index contributed by atoms with van der Waals surface area (Å²) in [5, 5.41) is 13.3. The molecule has 0 radical (unpaired) electrons. The van der Waals surface area contributed by atoms with Crippen LogP contribution in [0, 0.1) is 0 Å². The molecule has 0 aliphatic rings. The van der Waals surface area contributed by atoms with E-state index in [0.29, 0.717) is 17.8 Å². The first kappa shape index (κ1) is 17.1. The minimum Gasteiger partial charge on any atom is -0.545 e. The summed E-state index contributed by atoms with van der Waals surface area (Å²) in [5.41, 5.74) is 2.50. The molecule has 24 heavy (non-hydrogen) atoms. The van der Waals surface area contributed by atoms with E-state index in [1.54, 1.807) is 30.3 Å². The number of pyridine rings is 1. The molecular weight excluding hydrogens is 329 g/mol. The summed E-state index contributed by atoms with van der Waals surface area (Å²) in [5.74, 6) is -2.45. The number of urea groups is 1. The van der Waals surface area contributed by atoms with Crippen LogP contribution in [0.1, 0.15) is 16.1 Å². The van der Waals surface area contributed by atoms with E-state index in [1.165, 1.54) is 0 Å². The number of alkyl halides is 3. The maximum absolute atomic E-state index is 12.6. The van der Waals surface area contributed by atoms with Gasteiger partial charge in [-0.3, -0.25) is 10.9 Å². The van der Waals surface area contributed by atoms with Crippen LogP contribution in [0.15, 0.2) is 42.5 Å². The minimum absolute atomic E-state index is 0.425. The second-order valence-corrected chi connectivity index (χ2v) is 4.45. The predicted octanol–water partition coefficient (Wildman–Crippen LogP) is 1.61. The van der Waals surface area contributed by atoms with Crippen LogP contribution in [-0.4, -0.2) is 17.0 Å². The fraction of sp³-hybridized carbons (Fsp3) is 0.0714. The van der Waals surface area contributed by atoms with Gasteiger partial charge in [0.25, 0.3) is 0 Å². The summed E-state index contributed by atoms with van der Waals surface area (Å²) >= 11 is 0. The molecule has 1 aromatic heterocycles. The van der Waals surface area contributed by atoms with E-state index < -0.39 is 35.3 Å². The monoisotopic (exact) mass is 339 g/mol. The average Bonchev–Trinajstić information content (AvgIpc) is 2.52. The average molecular weight is 339 g/mol. The Balaban J connectivity index is 2.12. The number of carbonyl (C=O) groups excluding carboxylic acids is 2. The van der Waals surface area contributed by atoms with E-state index in [4.69, 9.17) is 0 Å². The molecule has 0 fully saturated rings. The molecule has 0 saturated heterocycles. The first-order valence-corrected chi connectivity index (χ1v) is 6.45. The van der Waals surface area contributed by atoms with Crippen molar-refractivity contribution >= 4 is 23.5 Å². The zero-order valence-electron chi connectivity index (χ0n) is 11.8. The molecule has 10 heteroatoms.